The van der Waals surface area contributed by atoms with Crippen molar-refractivity contribution in [1.82, 2.24) is 10.2 Å². The number of pyridine rings is 1. The van der Waals surface area contributed by atoms with Gasteiger partial charge in [0.25, 0.3) is 5.91 Å². The highest BCUT2D eigenvalue weighted by atomic mass is 16.9. The first kappa shape index (κ1) is 21.3. The number of ether oxygens (including phenoxy) is 1. The molecular weight excluding hydrogens is 392 g/mol. The van der Waals surface area contributed by atoms with Crippen LogP contribution in [-0.2, 0) is 16.2 Å². The van der Waals surface area contributed by atoms with Crippen molar-refractivity contribution in [3.8, 4) is 5.75 Å². The smallest absolute Gasteiger partial charge is 0.280 e. The van der Waals surface area contributed by atoms with Crippen molar-refractivity contribution >= 4 is 16.8 Å². The number of para-hydroxylation sites is 1. The van der Waals surface area contributed by atoms with Gasteiger partial charge in [0, 0.05) is 5.39 Å². The summed E-state index contributed by atoms with van der Waals surface area (Å²) >= 11 is 0. The van der Waals surface area contributed by atoms with Crippen molar-refractivity contribution in [1.29, 1.82) is 0 Å². The number of hydroxylamine groups is 2. The predicted octanol–water partition coefficient (Wildman–Crippen LogP) is 5.26. The number of hydrogen-bond acceptors (Lipinski definition) is 5. The maximum absolute atomic E-state index is 12.8. The normalized spacial score (nSPS) is 15.5. The first-order valence-electron chi connectivity index (χ1n) is 10.8. The molecular formula is C25H28N2O4. The Hall–Kier alpha value is -2.96. The molecule has 1 N–H and O–H groups in total. The standard InChI is InChI=1S/C25H28N2O4/c1-30-27(29)25(28)24(19-8-3-2-4-9-19)20-12-15-22(16-13-20)31-17-21-14-11-18-7-5-6-10-23(18)26-21/h5-7,10-16,19,24,29H,2-4,8-9,17H2,1H3. The van der Waals surface area contributed by atoms with Crippen molar-refractivity contribution in [2.45, 2.75) is 44.6 Å². The largest absolute Gasteiger partial charge is 0.487 e. The van der Waals surface area contributed by atoms with Gasteiger partial charge in [-0.2, -0.15) is 0 Å². The number of fused-ring (bicyclic) bond motifs is 1. The predicted molar refractivity (Wildman–Crippen MR) is 117 cm³/mol. The summed E-state index contributed by atoms with van der Waals surface area (Å²) < 4.78 is 5.92. The van der Waals surface area contributed by atoms with Crippen molar-refractivity contribution in [2.75, 3.05) is 7.11 Å². The SMILES string of the molecule is CON(O)C(=O)C(c1ccc(OCc2ccc3ccccc3n2)cc1)C1CCCCC1. The topological polar surface area (TPSA) is 71.9 Å². The van der Waals surface area contributed by atoms with Crippen LogP contribution in [0.4, 0.5) is 0 Å². The summed E-state index contributed by atoms with van der Waals surface area (Å²) in [6.45, 7) is 0.364. The molecule has 3 aromatic rings. The summed E-state index contributed by atoms with van der Waals surface area (Å²) in [4.78, 5) is 22.2. The number of benzene rings is 2. The lowest BCUT2D eigenvalue weighted by atomic mass is 9.76. The summed E-state index contributed by atoms with van der Waals surface area (Å²) in [5.41, 5.74) is 2.66. The summed E-state index contributed by atoms with van der Waals surface area (Å²) in [7, 11) is 1.29. The molecule has 0 radical (unpaired) electrons. The van der Waals surface area contributed by atoms with E-state index in [-0.39, 0.29) is 5.92 Å². The van der Waals surface area contributed by atoms with E-state index in [0.29, 0.717) is 17.6 Å². The van der Waals surface area contributed by atoms with E-state index < -0.39 is 11.8 Å². The van der Waals surface area contributed by atoms with E-state index in [1.807, 2.05) is 60.7 Å². The highest BCUT2D eigenvalue weighted by molar-refractivity contribution is 5.82. The van der Waals surface area contributed by atoms with Crippen LogP contribution < -0.4 is 4.74 Å². The van der Waals surface area contributed by atoms with E-state index in [1.54, 1.807) is 0 Å². The van der Waals surface area contributed by atoms with Crippen LogP contribution in [0.1, 0.15) is 49.3 Å². The van der Waals surface area contributed by atoms with Gasteiger partial charge in [0.15, 0.2) is 0 Å². The number of aromatic nitrogens is 1. The monoisotopic (exact) mass is 420 g/mol. The van der Waals surface area contributed by atoms with Crippen LogP contribution in [0.3, 0.4) is 0 Å². The second kappa shape index (κ2) is 9.90. The zero-order chi connectivity index (χ0) is 21.6. The Morgan fingerprint density at radius 2 is 1.81 bits per heavy atom. The van der Waals surface area contributed by atoms with Crippen molar-refractivity contribution < 1.29 is 19.6 Å². The highest BCUT2D eigenvalue weighted by Gasteiger charge is 2.34. The molecule has 6 nitrogen and oxygen atoms in total. The Balaban J connectivity index is 1.47. The van der Waals surface area contributed by atoms with Gasteiger partial charge in [-0.3, -0.25) is 10.0 Å². The third-order valence-corrected chi connectivity index (χ3v) is 6.03. The van der Waals surface area contributed by atoms with Crippen LogP contribution in [0.25, 0.3) is 10.9 Å². The minimum Gasteiger partial charge on any atom is -0.487 e. The molecule has 1 unspecified atom stereocenters. The van der Waals surface area contributed by atoms with Crippen LogP contribution in [0.2, 0.25) is 0 Å². The van der Waals surface area contributed by atoms with E-state index in [9.17, 15) is 10.0 Å². The molecule has 1 atom stereocenters. The molecule has 31 heavy (non-hydrogen) atoms. The number of carbonyl (C=O) groups excluding carboxylic acids is 1. The Morgan fingerprint density at radius 1 is 1.06 bits per heavy atom. The number of nitrogens with zero attached hydrogens (tertiary/aromatic N) is 2. The lowest BCUT2D eigenvalue weighted by Crippen LogP contribution is -2.35. The Labute approximate surface area is 182 Å². The summed E-state index contributed by atoms with van der Waals surface area (Å²) in [5.74, 6) is 0.0469. The average Bonchev–Trinajstić information content (AvgIpc) is 2.83. The van der Waals surface area contributed by atoms with Gasteiger partial charge >= 0.3 is 0 Å². The quantitative estimate of drug-likeness (QED) is 0.417. The summed E-state index contributed by atoms with van der Waals surface area (Å²) in [5, 5.41) is 11.3. The molecule has 4 rings (SSSR count). The maximum Gasteiger partial charge on any atom is 0.280 e. The van der Waals surface area contributed by atoms with Gasteiger partial charge in [-0.25, -0.2) is 9.82 Å². The fourth-order valence-corrected chi connectivity index (χ4v) is 4.41. The molecule has 1 fully saturated rings. The van der Waals surface area contributed by atoms with E-state index in [2.05, 4.69) is 4.98 Å². The molecule has 1 aliphatic rings. The van der Waals surface area contributed by atoms with Gasteiger partial charge in [0.1, 0.15) is 12.4 Å². The van der Waals surface area contributed by atoms with Gasteiger partial charge in [0.05, 0.1) is 24.2 Å². The number of hydrogen-bond donors (Lipinski definition) is 1. The van der Waals surface area contributed by atoms with Gasteiger partial charge in [-0.15, -0.1) is 0 Å². The third kappa shape index (κ3) is 5.03. The van der Waals surface area contributed by atoms with Crippen molar-refractivity contribution in [3.05, 3.63) is 71.9 Å². The molecule has 6 heteroatoms. The number of carbonyl (C=O) groups is 1. The maximum atomic E-state index is 12.8. The highest BCUT2D eigenvalue weighted by Crippen LogP contribution is 2.37. The van der Waals surface area contributed by atoms with Crippen molar-refractivity contribution in [2.24, 2.45) is 5.92 Å². The third-order valence-electron chi connectivity index (χ3n) is 6.03. The summed E-state index contributed by atoms with van der Waals surface area (Å²) in [6.07, 6.45) is 5.35. The second-order valence-electron chi connectivity index (χ2n) is 8.02. The van der Waals surface area contributed by atoms with E-state index in [0.717, 1.165) is 47.8 Å². The molecule has 0 aliphatic heterocycles. The molecule has 162 valence electrons. The molecule has 1 aromatic heterocycles. The molecule has 0 bridgehead atoms. The van der Waals surface area contributed by atoms with Crippen LogP contribution in [0, 0.1) is 5.92 Å². The number of amides is 1. The molecule has 1 saturated carbocycles. The Morgan fingerprint density at radius 3 is 2.55 bits per heavy atom. The van der Waals surface area contributed by atoms with E-state index in [1.165, 1.54) is 13.5 Å². The average molecular weight is 421 g/mol. The van der Waals surface area contributed by atoms with Crippen molar-refractivity contribution in [3.63, 3.8) is 0 Å². The van der Waals surface area contributed by atoms with Crippen LogP contribution in [0.15, 0.2) is 60.7 Å². The second-order valence-corrected chi connectivity index (χ2v) is 8.02. The molecule has 0 spiro atoms. The molecule has 2 aromatic carbocycles. The zero-order valence-corrected chi connectivity index (χ0v) is 17.7. The van der Waals surface area contributed by atoms with Crippen LogP contribution in [0.5, 0.6) is 5.75 Å². The molecule has 1 heterocycles. The number of rotatable bonds is 7. The molecule has 0 saturated heterocycles. The zero-order valence-electron chi connectivity index (χ0n) is 17.7. The van der Waals surface area contributed by atoms with Gasteiger partial charge in [-0.05, 0) is 48.6 Å². The van der Waals surface area contributed by atoms with Gasteiger partial charge in [0.2, 0.25) is 0 Å². The Bertz CT molecular complexity index is 1020. The molecule has 1 amide bonds. The fraction of sp³-hybridized carbons (Fsp3) is 0.360. The lowest BCUT2D eigenvalue weighted by molar-refractivity contribution is -0.303. The fourth-order valence-electron chi connectivity index (χ4n) is 4.41. The van der Waals surface area contributed by atoms with Gasteiger partial charge in [-0.1, -0.05) is 60.9 Å². The van der Waals surface area contributed by atoms with Gasteiger partial charge < -0.3 is 4.74 Å². The minimum atomic E-state index is -0.429. The Kier molecular flexibility index (Phi) is 6.79. The summed E-state index contributed by atoms with van der Waals surface area (Å²) in [6, 6.07) is 19.6. The van der Waals surface area contributed by atoms with Crippen LogP contribution >= 0.6 is 0 Å². The first-order valence-corrected chi connectivity index (χ1v) is 10.8. The minimum absolute atomic E-state index is 0.194. The van der Waals surface area contributed by atoms with E-state index in [4.69, 9.17) is 9.57 Å². The lowest BCUT2D eigenvalue weighted by Gasteiger charge is -2.31. The first-order chi connectivity index (χ1) is 15.2. The molecule has 1 aliphatic carbocycles. The van der Waals surface area contributed by atoms with Crippen LogP contribution in [-0.4, -0.2) is 28.4 Å². The van der Waals surface area contributed by atoms with E-state index >= 15 is 0 Å².